The van der Waals surface area contributed by atoms with Crippen molar-refractivity contribution in [1.82, 2.24) is 9.97 Å². The SMILES string of the molecule is CC(c1cccs1)N(C)c1ncc(N)cn1. The average molecular weight is 234 g/mol. The van der Waals surface area contributed by atoms with Crippen LogP contribution in [0.5, 0.6) is 0 Å². The Kier molecular flexibility index (Phi) is 3.05. The first-order valence-electron chi connectivity index (χ1n) is 5.02. The number of anilines is 2. The van der Waals surface area contributed by atoms with Crippen LogP contribution < -0.4 is 10.6 Å². The Labute approximate surface area is 98.8 Å². The monoisotopic (exact) mass is 234 g/mol. The van der Waals surface area contributed by atoms with Crippen LogP contribution in [-0.4, -0.2) is 17.0 Å². The van der Waals surface area contributed by atoms with Crippen molar-refractivity contribution in [2.24, 2.45) is 0 Å². The van der Waals surface area contributed by atoms with Crippen LogP contribution in [0.3, 0.4) is 0 Å². The number of thiophene rings is 1. The fourth-order valence-corrected chi connectivity index (χ4v) is 2.23. The van der Waals surface area contributed by atoms with Gasteiger partial charge in [0, 0.05) is 11.9 Å². The van der Waals surface area contributed by atoms with Crippen LogP contribution in [0.2, 0.25) is 0 Å². The Hall–Kier alpha value is -1.62. The van der Waals surface area contributed by atoms with Gasteiger partial charge in [-0.3, -0.25) is 0 Å². The van der Waals surface area contributed by atoms with Crippen molar-refractivity contribution in [2.45, 2.75) is 13.0 Å². The second-order valence-electron chi connectivity index (χ2n) is 3.62. The van der Waals surface area contributed by atoms with Gasteiger partial charge in [-0.15, -0.1) is 11.3 Å². The summed E-state index contributed by atoms with van der Waals surface area (Å²) in [6, 6.07) is 4.43. The first kappa shape index (κ1) is 10.9. The molecule has 16 heavy (non-hydrogen) atoms. The van der Waals surface area contributed by atoms with E-state index in [1.165, 1.54) is 4.88 Å². The fourth-order valence-electron chi connectivity index (χ4n) is 1.41. The van der Waals surface area contributed by atoms with E-state index in [2.05, 4.69) is 28.3 Å². The molecule has 0 radical (unpaired) electrons. The fraction of sp³-hybridized carbons (Fsp3) is 0.273. The third kappa shape index (κ3) is 2.14. The predicted octanol–water partition coefficient (Wildman–Crippen LogP) is 2.32. The third-order valence-electron chi connectivity index (χ3n) is 2.51. The zero-order valence-electron chi connectivity index (χ0n) is 9.29. The van der Waals surface area contributed by atoms with Crippen molar-refractivity contribution in [2.75, 3.05) is 17.7 Å². The maximum Gasteiger partial charge on any atom is 0.225 e. The van der Waals surface area contributed by atoms with Crippen LogP contribution >= 0.6 is 11.3 Å². The zero-order valence-corrected chi connectivity index (χ0v) is 10.1. The molecule has 0 amide bonds. The average Bonchev–Trinajstić information content (AvgIpc) is 2.81. The molecule has 0 aliphatic carbocycles. The van der Waals surface area contributed by atoms with Crippen LogP contribution in [0.15, 0.2) is 29.9 Å². The molecule has 5 heteroatoms. The van der Waals surface area contributed by atoms with Crippen LogP contribution in [0.1, 0.15) is 17.8 Å². The molecule has 0 aromatic carbocycles. The highest BCUT2D eigenvalue weighted by molar-refractivity contribution is 7.10. The molecule has 0 spiro atoms. The number of aromatic nitrogens is 2. The Bertz CT molecular complexity index is 438. The molecule has 0 aliphatic heterocycles. The van der Waals surface area contributed by atoms with Crippen molar-refractivity contribution in [3.63, 3.8) is 0 Å². The molecule has 2 N–H and O–H groups in total. The van der Waals surface area contributed by atoms with Gasteiger partial charge in [0.2, 0.25) is 5.95 Å². The minimum Gasteiger partial charge on any atom is -0.396 e. The molecular formula is C11H14N4S. The van der Waals surface area contributed by atoms with Crippen LogP contribution in [0, 0.1) is 0 Å². The Morgan fingerprint density at radius 1 is 1.38 bits per heavy atom. The summed E-state index contributed by atoms with van der Waals surface area (Å²) in [5.74, 6) is 0.690. The summed E-state index contributed by atoms with van der Waals surface area (Å²) in [7, 11) is 1.98. The first-order chi connectivity index (χ1) is 7.68. The van der Waals surface area contributed by atoms with Crippen LogP contribution in [0.4, 0.5) is 11.6 Å². The van der Waals surface area contributed by atoms with E-state index in [0.717, 1.165) is 0 Å². The quantitative estimate of drug-likeness (QED) is 0.885. The topological polar surface area (TPSA) is 55.0 Å². The highest BCUT2D eigenvalue weighted by atomic mass is 32.1. The van der Waals surface area contributed by atoms with E-state index in [1.54, 1.807) is 23.7 Å². The van der Waals surface area contributed by atoms with E-state index in [0.29, 0.717) is 11.6 Å². The lowest BCUT2D eigenvalue weighted by atomic mass is 10.2. The highest BCUT2D eigenvalue weighted by Gasteiger charge is 2.14. The summed E-state index contributed by atoms with van der Waals surface area (Å²) in [5.41, 5.74) is 6.14. The second-order valence-corrected chi connectivity index (χ2v) is 4.60. The molecule has 2 aromatic heterocycles. The van der Waals surface area contributed by atoms with Crippen LogP contribution in [-0.2, 0) is 0 Å². The van der Waals surface area contributed by atoms with Gasteiger partial charge in [-0.05, 0) is 18.4 Å². The highest BCUT2D eigenvalue weighted by Crippen LogP contribution is 2.25. The molecule has 1 atom stereocenters. The maximum absolute atomic E-state index is 5.56. The number of nitrogens with two attached hydrogens (primary N) is 1. The minimum atomic E-state index is 0.267. The molecule has 0 saturated heterocycles. The van der Waals surface area contributed by atoms with Gasteiger partial charge in [0.1, 0.15) is 0 Å². The molecule has 2 heterocycles. The van der Waals surface area contributed by atoms with Crippen LogP contribution in [0.25, 0.3) is 0 Å². The molecular weight excluding hydrogens is 220 g/mol. The summed E-state index contributed by atoms with van der Waals surface area (Å²) in [4.78, 5) is 11.7. The number of hydrogen-bond donors (Lipinski definition) is 1. The first-order valence-corrected chi connectivity index (χ1v) is 5.90. The van der Waals surface area contributed by atoms with Gasteiger partial charge >= 0.3 is 0 Å². The predicted molar refractivity (Wildman–Crippen MR) is 67.6 cm³/mol. The van der Waals surface area contributed by atoms with Gasteiger partial charge in [-0.1, -0.05) is 6.07 Å². The summed E-state index contributed by atoms with van der Waals surface area (Å²) in [6.45, 7) is 2.13. The van der Waals surface area contributed by atoms with Gasteiger partial charge in [0.05, 0.1) is 24.1 Å². The molecule has 0 aliphatic rings. The molecule has 84 valence electrons. The van der Waals surface area contributed by atoms with Crippen molar-refractivity contribution in [1.29, 1.82) is 0 Å². The normalized spacial score (nSPS) is 12.4. The number of nitrogens with zero attached hydrogens (tertiary/aromatic N) is 3. The zero-order chi connectivity index (χ0) is 11.5. The Balaban J connectivity index is 2.19. The van der Waals surface area contributed by atoms with Gasteiger partial charge in [0.25, 0.3) is 0 Å². The number of hydrogen-bond acceptors (Lipinski definition) is 5. The summed E-state index contributed by atoms with van der Waals surface area (Å²) < 4.78 is 0. The largest absolute Gasteiger partial charge is 0.396 e. The van der Waals surface area contributed by atoms with Gasteiger partial charge in [0.15, 0.2) is 0 Å². The molecule has 4 nitrogen and oxygen atoms in total. The lowest BCUT2D eigenvalue weighted by Gasteiger charge is -2.23. The second kappa shape index (κ2) is 4.49. The third-order valence-corrected chi connectivity index (χ3v) is 3.55. The van der Waals surface area contributed by atoms with E-state index in [4.69, 9.17) is 5.73 Å². The van der Waals surface area contributed by atoms with Gasteiger partial charge in [-0.2, -0.15) is 0 Å². The summed E-state index contributed by atoms with van der Waals surface area (Å²) >= 11 is 1.74. The summed E-state index contributed by atoms with van der Waals surface area (Å²) in [5, 5.41) is 2.07. The molecule has 2 rings (SSSR count). The maximum atomic E-state index is 5.56. The lowest BCUT2D eigenvalue weighted by Crippen LogP contribution is -2.22. The minimum absolute atomic E-state index is 0.267. The van der Waals surface area contributed by atoms with Gasteiger partial charge in [-0.25, -0.2) is 9.97 Å². The van der Waals surface area contributed by atoms with Crippen molar-refractivity contribution >= 4 is 23.0 Å². The molecule has 1 unspecified atom stereocenters. The van der Waals surface area contributed by atoms with Crippen molar-refractivity contribution in [3.05, 3.63) is 34.8 Å². The Morgan fingerprint density at radius 2 is 2.06 bits per heavy atom. The van der Waals surface area contributed by atoms with Gasteiger partial charge < -0.3 is 10.6 Å². The lowest BCUT2D eigenvalue weighted by molar-refractivity contribution is 0.728. The smallest absolute Gasteiger partial charge is 0.225 e. The van der Waals surface area contributed by atoms with Crippen molar-refractivity contribution < 1.29 is 0 Å². The van der Waals surface area contributed by atoms with E-state index < -0.39 is 0 Å². The molecule has 0 fully saturated rings. The summed E-state index contributed by atoms with van der Waals surface area (Å²) in [6.07, 6.45) is 3.25. The molecule has 2 aromatic rings. The van der Waals surface area contributed by atoms with E-state index >= 15 is 0 Å². The number of nitrogen functional groups attached to an aromatic ring is 1. The molecule has 0 saturated carbocycles. The Morgan fingerprint density at radius 3 is 2.62 bits per heavy atom. The van der Waals surface area contributed by atoms with Crippen molar-refractivity contribution in [3.8, 4) is 0 Å². The van der Waals surface area contributed by atoms with E-state index in [-0.39, 0.29) is 6.04 Å². The van der Waals surface area contributed by atoms with E-state index in [1.807, 2.05) is 18.0 Å². The number of rotatable bonds is 3. The molecule has 0 bridgehead atoms. The van der Waals surface area contributed by atoms with E-state index in [9.17, 15) is 0 Å². The standard InChI is InChI=1S/C11H14N4S/c1-8(10-4-3-5-16-10)15(2)11-13-6-9(12)7-14-11/h3-8H,12H2,1-2H3.